The molecule has 0 radical (unpaired) electrons. The number of nitrogens with one attached hydrogen (secondary N) is 2. The summed E-state index contributed by atoms with van der Waals surface area (Å²) in [5.41, 5.74) is 1.13. The number of carbonyl (C=O) groups is 1. The molecular weight excluding hydrogens is 328 g/mol. The fraction of sp³-hybridized carbons (Fsp3) is 0.600. The summed E-state index contributed by atoms with van der Waals surface area (Å²) in [6.07, 6.45) is 3.17. The first kappa shape index (κ1) is 22.0. The average molecular weight is 363 g/mol. The zero-order chi connectivity index (χ0) is 19.0. The molecule has 1 rings (SSSR count). The van der Waals surface area contributed by atoms with Gasteiger partial charge < -0.3 is 20.3 Å². The van der Waals surface area contributed by atoms with Gasteiger partial charge in [-0.3, -0.25) is 9.79 Å². The van der Waals surface area contributed by atoms with Crippen molar-refractivity contribution in [2.75, 3.05) is 39.9 Å². The molecule has 0 saturated heterocycles. The molecule has 6 heteroatoms. The molecule has 6 nitrogen and oxygen atoms in total. The lowest BCUT2D eigenvalue weighted by atomic mass is 10.2. The minimum atomic E-state index is 0.0576. The van der Waals surface area contributed by atoms with Crippen molar-refractivity contribution in [3.63, 3.8) is 0 Å². The summed E-state index contributed by atoms with van der Waals surface area (Å²) in [5.74, 6) is 0.699. The Labute approximate surface area is 158 Å². The first-order valence-corrected chi connectivity index (χ1v) is 9.55. The summed E-state index contributed by atoms with van der Waals surface area (Å²) in [6.45, 7) is 8.01. The third-order valence-electron chi connectivity index (χ3n) is 3.98. The van der Waals surface area contributed by atoms with E-state index in [-0.39, 0.29) is 12.5 Å². The van der Waals surface area contributed by atoms with Crippen molar-refractivity contribution in [3.8, 4) is 0 Å². The van der Waals surface area contributed by atoms with Crippen LogP contribution in [0.4, 0.5) is 0 Å². The molecule has 0 aliphatic heterocycles. The quantitative estimate of drug-likeness (QED) is 0.340. The van der Waals surface area contributed by atoms with Crippen molar-refractivity contribution in [2.45, 2.75) is 39.7 Å². The van der Waals surface area contributed by atoms with E-state index in [4.69, 9.17) is 4.74 Å². The number of carbonyl (C=O) groups excluding carboxylic acids is 1. The average Bonchev–Trinajstić information content (AvgIpc) is 2.68. The van der Waals surface area contributed by atoms with E-state index in [1.165, 1.54) is 0 Å². The molecule has 0 spiro atoms. The lowest BCUT2D eigenvalue weighted by Crippen LogP contribution is -2.44. The Morgan fingerprint density at radius 1 is 1.12 bits per heavy atom. The fourth-order valence-corrected chi connectivity index (χ4v) is 2.40. The number of likely N-dealkylation sites (N-methyl/N-ethyl adjacent to an activating group) is 1. The van der Waals surface area contributed by atoms with Gasteiger partial charge in [-0.2, -0.15) is 0 Å². The van der Waals surface area contributed by atoms with Gasteiger partial charge in [0.15, 0.2) is 5.96 Å². The van der Waals surface area contributed by atoms with Crippen LogP contribution in [0.25, 0.3) is 0 Å². The fourth-order valence-electron chi connectivity index (χ4n) is 2.40. The van der Waals surface area contributed by atoms with Crippen molar-refractivity contribution in [1.29, 1.82) is 0 Å². The number of ether oxygens (including phenoxy) is 1. The van der Waals surface area contributed by atoms with E-state index in [1.54, 1.807) is 7.05 Å². The molecule has 2 N–H and O–H groups in total. The predicted octanol–water partition coefficient (Wildman–Crippen LogP) is 2.41. The number of aliphatic imine (C=N–C) groups is 1. The third-order valence-corrected chi connectivity index (χ3v) is 3.98. The molecule has 1 aromatic rings. The second-order valence-electron chi connectivity index (χ2n) is 6.07. The molecule has 0 bridgehead atoms. The monoisotopic (exact) mass is 362 g/mol. The highest BCUT2D eigenvalue weighted by Crippen LogP contribution is 2.04. The lowest BCUT2D eigenvalue weighted by Gasteiger charge is -2.22. The molecule has 0 fully saturated rings. The number of guanidine groups is 1. The van der Waals surface area contributed by atoms with Crippen LogP contribution in [0.2, 0.25) is 0 Å². The van der Waals surface area contributed by atoms with E-state index in [9.17, 15) is 4.79 Å². The Hall–Kier alpha value is -2.08. The minimum absolute atomic E-state index is 0.0576. The van der Waals surface area contributed by atoms with Gasteiger partial charge in [0.1, 0.15) is 0 Å². The highest BCUT2D eigenvalue weighted by Gasteiger charge is 2.12. The number of hydrogen-bond acceptors (Lipinski definition) is 3. The first-order chi connectivity index (χ1) is 12.7. The molecule has 26 heavy (non-hydrogen) atoms. The SMILES string of the molecule is CCCCOCCCNC(=NC)NCC(=O)N(CC)Cc1ccccc1. The maximum Gasteiger partial charge on any atom is 0.242 e. The molecule has 0 unspecified atom stereocenters. The van der Waals surface area contributed by atoms with Crippen LogP contribution in [0.3, 0.4) is 0 Å². The van der Waals surface area contributed by atoms with E-state index in [1.807, 2.05) is 42.2 Å². The number of nitrogens with zero attached hydrogens (tertiary/aromatic N) is 2. The van der Waals surface area contributed by atoms with Gasteiger partial charge in [-0.15, -0.1) is 0 Å². The van der Waals surface area contributed by atoms with E-state index in [2.05, 4.69) is 22.5 Å². The van der Waals surface area contributed by atoms with Gasteiger partial charge >= 0.3 is 0 Å². The number of hydrogen-bond donors (Lipinski definition) is 2. The van der Waals surface area contributed by atoms with Gasteiger partial charge in [0, 0.05) is 39.9 Å². The zero-order valence-corrected chi connectivity index (χ0v) is 16.5. The van der Waals surface area contributed by atoms with Gasteiger partial charge in [-0.05, 0) is 25.3 Å². The van der Waals surface area contributed by atoms with Crippen molar-refractivity contribution in [2.24, 2.45) is 4.99 Å². The molecule has 0 saturated carbocycles. The number of benzene rings is 1. The summed E-state index contributed by atoms with van der Waals surface area (Å²) in [6, 6.07) is 10.0. The summed E-state index contributed by atoms with van der Waals surface area (Å²) >= 11 is 0. The van der Waals surface area contributed by atoms with Crippen molar-refractivity contribution < 1.29 is 9.53 Å². The van der Waals surface area contributed by atoms with Gasteiger partial charge in [0.2, 0.25) is 5.91 Å². The largest absolute Gasteiger partial charge is 0.381 e. The Balaban J connectivity index is 2.27. The molecule has 1 aromatic carbocycles. The molecule has 0 aliphatic rings. The Morgan fingerprint density at radius 3 is 2.50 bits per heavy atom. The number of amides is 1. The van der Waals surface area contributed by atoms with Crippen LogP contribution >= 0.6 is 0 Å². The van der Waals surface area contributed by atoms with Gasteiger partial charge in [-0.25, -0.2) is 0 Å². The van der Waals surface area contributed by atoms with Crippen LogP contribution in [0, 0.1) is 0 Å². The highest BCUT2D eigenvalue weighted by atomic mass is 16.5. The van der Waals surface area contributed by atoms with Gasteiger partial charge in [0.25, 0.3) is 0 Å². The predicted molar refractivity (Wildman–Crippen MR) is 107 cm³/mol. The summed E-state index contributed by atoms with van der Waals surface area (Å²) in [5, 5.41) is 6.30. The maximum atomic E-state index is 12.4. The number of unbranched alkanes of at least 4 members (excludes halogenated alkanes) is 1. The minimum Gasteiger partial charge on any atom is -0.381 e. The maximum absolute atomic E-state index is 12.4. The summed E-state index contributed by atoms with van der Waals surface area (Å²) in [7, 11) is 1.71. The zero-order valence-electron chi connectivity index (χ0n) is 16.5. The van der Waals surface area contributed by atoms with Crippen LogP contribution in [-0.2, 0) is 16.1 Å². The Bertz CT molecular complexity index is 520. The van der Waals surface area contributed by atoms with Crippen molar-refractivity contribution in [3.05, 3.63) is 35.9 Å². The third kappa shape index (κ3) is 9.42. The van der Waals surface area contributed by atoms with E-state index in [0.717, 1.165) is 44.6 Å². The first-order valence-electron chi connectivity index (χ1n) is 9.55. The molecule has 1 amide bonds. The van der Waals surface area contributed by atoms with Crippen LogP contribution in [0.1, 0.15) is 38.7 Å². The van der Waals surface area contributed by atoms with E-state index >= 15 is 0 Å². The second-order valence-corrected chi connectivity index (χ2v) is 6.07. The van der Waals surface area contributed by atoms with Gasteiger partial charge in [-0.1, -0.05) is 43.7 Å². The van der Waals surface area contributed by atoms with Crippen molar-refractivity contribution in [1.82, 2.24) is 15.5 Å². The normalized spacial score (nSPS) is 11.3. The van der Waals surface area contributed by atoms with Crippen LogP contribution in [0.5, 0.6) is 0 Å². The molecule has 0 aliphatic carbocycles. The Kier molecular flexibility index (Phi) is 11.9. The highest BCUT2D eigenvalue weighted by molar-refractivity contribution is 5.86. The number of rotatable bonds is 12. The van der Waals surface area contributed by atoms with E-state index in [0.29, 0.717) is 19.0 Å². The van der Waals surface area contributed by atoms with Crippen LogP contribution in [0.15, 0.2) is 35.3 Å². The van der Waals surface area contributed by atoms with Crippen molar-refractivity contribution >= 4 is 11.9 Å². The molecule has 0 heterocycles. The van der Waals surface area contributed by atoms with Gasteiger partial charge in [0.05, 0.1) is 6.54 Å². The smallest absolute Gasteiger partial charge is 0.242 e. The topological polar surface area (TPSA) is 66.0 Å². The standard InChI is InChI=1S/C20H34N4O2/c1-4-6-14-26-15-10-13-22-20(21-3)23-16-19(25)24(5-2)17-18-11-8-7-9-12-18/h7-9,11-12H,4-6,10,13-17H2,1-3H3,(H2,21,22,23). The molecular formula is C20H34N4O2. The lowest BCUT2D eigenvalue weighted by molar-refractivity contribution is -0.130. The summed E-state index contributed by atoms with van der Waals surface area (Å²) in [4.78, 5) is 18.4. The van der Waals surface area contributed by atoms with Crippen LogP contribution in [-0.4, -0.2) is 56.7 Å². The second kappa shape index (κ2) is 14.1. The van der Waals surface area contributed by atoms with Crippen LogP contribution < -0.4 is 10.6 Å². The molecule has 0 aromatic heterocycles. The molecule has 146 valence electrons. The summed E-state index contributed by atoms with van der Waals surface area (Å²) < 4.78 is 5.53. The Morgan fingerprint density at radius 2 is 1.85 bits per heavy atom. The molecule has 0 atom stereocenters. The van der Waals surface area contributed by atoms with E-state index < -0.39 is 0 Å².